The first-order valence-electron chi connectivity index (χ1n) is 5.72. The maximum atomic E-state index is 5.63. The third-order valence-electron chi connectivity index (χ3n) is 3.08. The van der Waals surface area contributed by atoms with Crippen molar-refractivity contribution in [3.8, 4) is 11.4 Å². The molecule has 0 unspecified atom stereocenters. The summed E-state index contributed by atoms with van der Waals surface area (Å²) in [7, 11) is 0. The highest BCUT2D eigenvalue weighted by molar-refractivity contribution is 5.86. The number of hydrogen-bond donors (Lipinski definition) is 1. The van der Waals surface area contributed by atoms with Crippen LogP contribution in [0.4, 0.5) is 0 Å². The second kappa shape index (κ2) is 3.96. The normalized spacial score (nSPS) is 11.3. The number of nitrogens with zero attached hydrogens (tertiary/aromatic N) is 2. The van der Waals surface area contributed by atoms with Crippen molar-refractivity contribution in [1.82, 2.24) is 10.1 Å². The molecule has 2 heterocycles. The smallest absolute Gasteiger partial charge is 0.240 e. The predicted molar refractivity (Wildman–Crippen MR) is 66.9 cm³/mol. The quantitative estimate of drug-likeness (QED) is 0.748. The fraction of sp³-hybridized carbons (Fsp3) is 0.231. The van der Waals surface area contributed by atoms with Crippen LogP contribution in [0.3, 0.4) is 0 Å². The summed E-state index contributed by atoms with van der Waals surface area (Å²) >= 11 is 0. The highest BCUT2D eigenvalue weighted by Crippen LogP contribution is 2.28. The average Bonchev–Trinajstić information content (AvgIpc) is 2.96. The lowest BCUT2D eigenvalue weighted by atomic mass is 10.1. The molecule has 0 bridgehead atoms. The van der Waals surface area contributed by atoms with E-state index in [-0.39, 0.29) is 6.54 Å². The van der Waals surface area contributed by atoms with Gasteiger partial charge in [-0.1, -0.05) is 5.16 Å². The predicted octanol–water partition coefficient (Wildman–Crippen LogP) is 2.56. The molecule has 0 saturated carbocycles. The van der Waals surface area contributed by atoms with E-state index in [2.05, 4.69) is 10.1 Å². The van der Waals surface area contributed by atoms with Gasteiger partial charge in [0, 0.05) is 10.9 Å². The molecule has 2 N–H and O–H groups in total. The Morgan fingerprint density at radius 3 is 2.83 bits per heavy atom. The fourth-order valence-electron chi connectivity index (χ4n) is 1.94. The molecule has 92 valence electrons. The Labute approximate surface area is 104 Å². The van der Waals surface area contributed by atoms with Crippen LogP contribution >= 0.6 is 0 Å². The summed E-state index contributed by atoms with van der Waals surface area (Å²) in [6, 6.07) is 5.84. The minimum Gasteiger partial charge on any atom is -0.461 e. The first-order valence-corrected chi connectivity index (χ1v) is 5.72. The lowest BCUT2D eigenvalue weighted by Crippen LogP contribution is -1.95. The van der Waals surface area contributed by atoms with Gasteiger partial charge in [-0.3, -0.25) is 0 Å². The second-order valence-corrected chi connectivity index (χ2v) is 4.21. The highest BCUT2D eigenvalue weighted by Gasteiger charge is 2.11. The molecule has 0 fully saturated rings. The molecule has 0 atom stereocenters. The van der Waals surface area contributed by atoms with Crippen LogP contribution in [0.1, 0.15) is 17.2 Å². The fourth-order valence-corrected chi connectivity index (χ4v) is 1.94. The molecule has 3 rings (SSSR count). The molecule has 0 amide bonds. The van der Waals surface area contributed by atoms with E-state index in [0.29, 0.717) is 11.7 Å². The van der Waals surface area contributed by atoms with Gasteiger partial charge in [-0.05, 0) is 37.6 Å². The van der Waals surface area contributed by atoms with Crippen LogP contribution in [0.5, 0.6) is 0 Å². The average molecular weight is 243 g/mol. The van der Waals surface area contributed by atoms with Crippen LogP contribution in [-0.2, 0) is 6.54 Å². The van der Waals surface area contributed by atoms with Crippen LogP contribution in [0.15, 0.2) is 27.1 Å². The van der Waals surface area contributed by atoms with Gasteiger partial charge in [-0.25, -0.2) is 0 Å². The van der Waals surface area contributed by atoms with Crippen LogP contribution in [0, 0.1) is 13.8 Å². The van der Waals surface area contributed by atoms with Crippen molar-refractivity contribution in [2.45, 2.75) is 20.4 Å². The summed E-state index contributed by atoms with van der Waals surface area (Å²) in [5.74, 6) is 1.92. The van der Waals surface area contributed by atoms with E-state index in [0.717, 1.165) is 27.9 Å². The van der Waals surface area contributed by atoms with Crippen molar-refractivity contribution in [3.63, 3.8) is 0 Å². The minimum atomic E-state index is 0.249. The maximum absolute atomic E-state index is 5.63. The van der Waals surface area contributed by atoms with Gasteiger partial charge in [0.15, 0.2) is 0 Å². The number of nitrogens with two attached hydrogens (primary N) is 1. The van der Waals surface area contributed by atoms with Gasteiger partial charge in [-0.2, -0.15) is 4.98 Å². The number of aromatic nitrogens is 2. The Hall–Kier alpha value is -2.14. The van der Waals surface area contributed by atoms with Crippen molar-refractivity contribution >= 4 is 11.0 Å². The molecule has 0 aliphatic rings. The largest absolute Gasteiger partial charge is 0.461 e. The van der Waals surface area contributed by atoms with Crippen LogP contribution in [-0.4, -0.2) is 10.1 Å². The standard InChI is InChI=1S/C13H13N3O2/c1-7-8(2)17-11-4-3-9(5-10(7)11)13-15-12(6-14)18-16-13/h3-5H,6,14H2,1-2H3. The van der Waals surface area contributed by atoms with Crippen LogP contribution in [0.25, 0.3) is 22.4 Å². The molecular weight excluding hydrogens is 230 g/mol. The summed E-state index contributed by atoms with van der Waals surface area (Å²) < 4.78 is 10.6. The van der Waals surface area contributed by atoms with Crippen molar-refractivity contribution in [1.29, 1.82) is 0 Å². The Morgan fingerprint density at radius 2 is 2.11 bits per heavy atom. The molecule has 2 aromatic heterocycles. The third-order valence-corrected chi connectivity index (χ3v) is 3.08. The van der Waals surface area contributed by atoms with Gasteiger partial charge < -0.3 is 14.7 Å². The molecule has 5 nitrogen and oxygen atoms in total. The number of furan rings is 1. The van der Waals surface area contributed by atoms with Crippen LogP contribution < -0.4 is 5.73 Å². The maximum Gasteiger partial charge on any atom is 0.240 e. The van der Waals surface area contributed by atoms with Gasteiger partial charge in [0.25, 0.3) is 0 Å². The first kappa shape index (κ1) is 11.0. The van der Waals surface area contributed by atoms with Crippen molar-refractivity contribution in [3.05, 3.63) is 35.4 Å². The third kappa shape index (κ3) is 1.60. The van der Waals surface area contributed by atoms with E-state index in [4.69, 9.17) is 14.7 Å². The summed E-state index contributed by atoms with van der Waals surface area (Å²) in [6.07, 6.45) is 0. The molecule has 3 aromatic rings. The Balaban J connectivity index is 2.15. The Morgan fingerprint density at radius 1 is 1.28 bits per heavy atom. The van der Waals surface area contributed by atoms with Crippen molar-refractivity contribution in [2.24, 2.45) is 5.73 Å². The SMILES string of the molecule is Cc1oc2ccc(-c3noc(CN)n3)cc2c1C. The highest BCUT2D eigenvalue weighted by atomic mass is 16.5. The van der Waals surface area contributed by atoms with Crippen molar-refractivity contribution in [2.75, 3.05) is 0 Å². The van der Waals surface area contributed by atoms with Crippen molar-refractivity contribution < 1.29 is 8.94 Å². The number of hydrogen-bond acceptors (Lipinski definition) is 5. The summed E-state index contributed by atoms with van der Waals surface area (Å²) in [5, 5.41) is 4.98. The zero-order valence-electron chi connectivity index (χ0n) is 10.2. The molecular formula is C13H13N3O2. The Kier molecular flexibility index (Phi) is 2.41. The van der Waals surface area contributed by atoms with Gasteiger partial charge in [0.05, 0.1) is 6.54 Å². The zero-order chi connectivity index (χ0) is 12.7. The number of aryl methyl sites for hydroxylation is 2. The molecule has 0 spiro atoms. The van der Waals surface area contributed by atoms with Crippen LogP contribution in [0.2, 0.25) is 0 Å². The molecule has 5 heteroatoms. The van der Waals surface area contributed by atoms with E-state index >= 15 is 0 Å². The van der Waals surface area contributed by atoms with Gasteiger partial charge in [0.2, 0.25) is 11.7 Å². The molecule has 0 saturated heterocycles. The van der Waals surface area contributed by atoms with E-state index < -0.39 is 0 Å². The number of benzene rings is 1. The number of fused-ring (bicyclic) bond motifs is 1. The monoisotopic (exact) mass is 243 g/mol. The second-order valence-electron chi connectivity index (χ2n) is 4.21. The molecule has 1 aromatic carbocycles. The minimum absolute atomic E-state index is 0.249. The number of rotatable bonds is 2. The summed E-state index contributed by atoms with van der Waals surface area (Å²) in [6.45, 7) is 4.24. The summed E-state index contributed by atoms with van der Waals surface area (Å²) in [4.78, 5) is 4.21. The lowest BCUT2D eigenvalue weighted by Gasteiger charge is -1.95. The van der Waals surface area contributed by atoms with E-state index in [1.54, 1.807) is 0 Å². The van der Waals surface area contributed by atoms with Gasteiger partial charge in [-0.15, -0.1) is 0 Å². The molecule has 0 radical (unpaired) electrons. The first-order chi connectivity index (χ1) is 8.69. The zero-order valence-corrected chi connectivity index (χ0v) is 10.2. The van der Waals surface area contributed by atoms with Gasteiger partial charge >= 0.3 is 0 Å². The summed E-state index contributed by atoms with van der Waals surface area (Å²) in [5.41, 5.74) is 8.35. The topological polar surface area (TPSA) is 78.1 Å². The van der Waals surface area contributed by atoms with Gasteiger partial charge in [0.1, 0.15) is 11.3 Å². The molecule has 0 aliphatic carbocycles. The van der Waals surface area contributed by atoms with E-state index in [1.165, 1.54) is 0 Å². The van der Waals surface area contributed by atoms with E-state index in [1.807, 2.05) is 32.0 Å². The van der Waals surface area contributed by atoms with E-state index in [9.17, 15) is 0 Å². The lowest BCUT2D eigenvalue weighted by molar-refractivity contribution is 0.380. The molecule has 18 heavy (non-hydrogen) atoms. The molecule has 0 aliphatic heterocycles. The Bertz CT molecular complexity index is 712.